The molecule has 1 aliphatic rings. The number of hydrogen-bond acceptors (Lipinski definition) is 1. The molecule has 1 fully saturated rings. The second kappa shape index (κ2) is 5.30. The summed E-state index contributed by atoms with van der Waals surface area (Å²) >= 11 is 2.36. The highest BCUT2D eigenvalue weighted by Gasteiger charge is 2.16. The van der Waals surface area contributed by atoms with Gasteiger partial charge in [0.15, 0.2) is 0 Å². The van der Waals surface area contributed by atoms with Crippen molar-refractivity contribution in [3.05, 3.63) is 0 Å². The van der Waals surface area contributed by atoms with E-state index in [1.54, 1.807) is 0 Å². The van der Waals surface area contributed by atoms with Gasteiger partial charge in [0.2, 0.25) is 0 Å². The number of alkyl halides is 1. The van der Waals surface area contributed by atoms with Gasteiger partial charge in [-0.1, -0.05) is 0 Å². The molecule has 0 aliphatic carbocycles. The SMILES string of the molecule is FCCCC1CCN(I)CC1. The van der Waals surface area contributed by atoms with Crippen LogP contribution in [0.2, 0.25) is 0 Å². The van der Waals surface area contributed by atoms with Crippen LogP contribution in [0.4, 0.5) is 4.39 Å². The van der Waals surface area contributed by atoms with E-state index in [1.807, 2.05) is 0 Å². The van der Waals surface area contributed by atoms with Crippen LogP contribution in [0.3, 0.4) is 0 Å². The van der Waals surface area contributed by atoms with E-state index in [4.69, 9.17) is 0 Å². The minimum atomic E-state index is -0.134. The molecule has 0 amide bonds. The topological polar surface area (TPSA) is 3.24 Å². The van der Waals surface area contributed by atoms with Gasteiger partial charge in [-0.05, 0) is 31.6 Å². The van der Waals surface area contributed by atoms with E-state index in [-0.39, 0.29) is 6.67 Å². The van der Waals surface area contributed by atoms with Crippen LogP contribution < -0.4 is 0 Å². The van der Waals surface area contributed by atoms with Gasteiger partial charge >= 0.3 is 0 Å². The van der Waals surface area contributed by atoms with Crippen LogP contribution in [0.5, 0.6) is 0 Å². The summed E-state index contributed by atoms with van der Waals surface area (Å²) in [6.07, 6.45) is 4.40. The molecule has 0 aromatic rings. The van der Waals surface area contributed by atoms with E-state index in [9.17, 15) is 4.39 Å². The van der Waals surface area contributed by atoms with E-state index in [1.165, 1.54) is 25.9 Å². The van der Waals surface area contributed by atoms with Gasteiger partial charge in [0, 0.05) is 36.0 Å². The first kappa shape index (κ1) is 9.71. The third kappa shape index (κ3) is 3.69. The second-order valence-corrected chi connectivity index (χ2v) is 4.55. The lowest BCUT2D eigenvalue weighted by Gasteiger charge is -2.26. The smallest absolute Gasteiger partial charge is 0.0894 e. The summed E-state index contributed by atoms with van der Waals surface area (Å²) in [5.41, 5.74) is 0. The molecular formula is C8H15FIN. The van der Waals surface area contributed by atoms with Crippen molar-refractivity contribution in [1.29, 1.82) is 0 Å². The molecule has 1 rings (SSSR count). The Morgan fingerprint density at radius 3 is 2.55 bits per heavy atom. The molecule has 3 heteroatoms. The van der Waals surface area contributed by atoms with Crippen molar-refractivity contribution in [1.82, 2.24) is 3.11 Å². The monoisotopic (exact) mass is 271 g/mol. The van der Waals surface area contributed by atoms with Gasteiger partial charge < -0.3 is 0 Å². The van der Waals surface area contributed by atoms with Gasteiger partial charge in [-0.25, -0.2) is 3.11 Å². The quantitative estimate of drug-likeness (QED) is 0.563. The maximum absolute atomic E-state index is 11.8. The number of rotatable bonds is 3. The molecule has 1 heterocycles. The predicted octanol–water partition coefficient (Wildman–Crippen LogP) is 2.80. The van der Waals surface area contributed by atoms with Crippen LogP contribution in [0.1, 0.15) is 25.7 Å². The summed E-state index contributed by atoms with van der Waals surface area (Å²) in [5, 5.41) is 0. The maximum atomic E-state index is 11.8. The van der Waals surface area contributed by atoms with Crippen molar-refractivity contribution in [2.75, 3.05) is 19.8 Å². The Balaban J connectivity index is 2.07. The lowest BCUT2D eigenvalue weighted by atomic mass is 9.93. The highest BCUT2D eigenvalue weighted by Crippen LogP contribution is 2.23. The van der Waals surface area contributed by atoms with E-state index < -0.39 is 0 Å². The maximum Gasteiger partial charge on any atom is 0.0894 e. The standard InChI is InChI=1S/C8H15FIN/c9-5-1-2-8-3-6-11(10)7-4-8/h8H,1-7H2. The fraction of sp³-hybridized carbons (Fsp3) is 1.00. The summed E-state index contributed by atoms with van der Waals surface area (Å²) in [4.78, 5) is 0. The van der Waals surface area contributed by atoms with Crippen molar-refractivity contribution in [3.63, 3.8) is 0 Å². The molecule has 11 heavy (non-hydrogen) atoms. The molecule has 0 unspecified atom stereocenters. The predicted molar refractivity (Wildman–Crippen MR) is 53.5 cm³/mol. The van der Waals surface area contributed by atoms with Crippen molar-refractivity contribution in [2.45, 2.75) is 25.7 Å². The molecule has 66 valence electrons. The second-order valence-electron chi connectivity index (χ2n) is 3.18. The average Bonchev–Trinajstić information content (AvgIpc) is 2.04. The van der Waals surface area contributed by atoms with E-state index in [0.29, 0.717) is 0 Å². The molecule has 0 aromatic carbocycles. The lowest BCUT2D eigenvalue weighted by molar-refractivity contribution is 0.281. The normalized spacial score (nSPS) is 22.4. The molecule has 0 aromatic heterocycles. The van der Waals surface area contributed by atoms with E-state index >= 15 is 0 Å². The van der Waals surface area contributed by atoms with Crippen LogP contribution in [-0.4, -0.2) is 22.9 Å². The zero-order valence-corrected chi connectivity index (χ0v) is 8.89. The van der Waals surface area contributed by atoms with Crippen LogP contribution >= 0.6 is 22.9 Å². The van der Waals surface area contributed by atoms with Gasteiger partial charge in [0.25, 0.3) is 0 Å². The van der Waals surface area contributed by atoms with Gasteiger partial charge in [0.1, 0.15) is 0 Å². The molecule has 0 saturated carbocycles. The molecule has 0 spiro atoms. The highest BCUT2D eigenvalue weighted by molar-refractivity contribution is 14.1. The molecule has 0 bridgehead atoms. The number of piperidine rings is 1. The Bertz CT molecular complexity index is 99.5. The lowest BCUT2D eigenvalue weighted by Crippen LogP contribution is -2.25. The van der Waals surface area contributed by atoms with Gasteiger partial charge in [-0.2, -0.15) is 0 Å². The van der Waals surface area contributed by atoms with Crippen molar-refractivity contribution in [2.24, 2.45) is 5.92 Å². The minimum Gasteiger partial charge on any atom is -0.251 e. The van der Waals surface area contributed by atoms with E-state index in [2.05, 4.69) is 26.0 Å². The number of nitrogens with zero attached hydrogens (tertiary/aromatic N) is 1. The molecule has 0 N–H and O–H groups in total. The zero-order chi connectivity index (χ0) is 8.10. The molecule has 1 aliphatic heterocycles. The third-order valence-corrected chi connectivity index (χ3v) is 3.27. The van der Waals surface area contributed by atoms with Gasteiger partial charge in [0.05, 0.1) is 6.67 Å². The summed E-state index contributed by atoms with van der Waals surface area (Å²) in [7, 11) is 0. The molecule has 0 atom stereocenters. The summed E-state index contributed by atoms with van der Waals surface area (Å²) < 4.78 is 14.1. The molecular weight excluding hydrogens is 256 g/mol. The van der Waals surface area contributed by atoms with Gasteiger partial charge in [-0.3, -0.25) is 4.39 Å². The Hall–Kier alpha value is 0.620. The molecule has 1 nitrogen and oxygen atoms in total. The Labute approximate surface area is 81.8 Å². The molecule has 1 saturated heterocycles. The van der Waals surface area contributed by atoms with Crippen LogP contribution in [0.25, 0.3) is 0 Å². The van der Waals surface area contributed by atoms with Crippen molar-refractivity contribution >= 4 is 22.9 Å². The highest BCUT2D eigenvalue weighted by atomic mass is 127. The summed E-state index contributed by atoms with van der Waals surface area (Å²) in [5.74, 6) is 0.803. The van der Waals surface area contributed by atoms with Crippen molar-refractivity contribution < 1.29 is 4.39 Å². The van der Waals surface area contributed by atoms with Crippen LogP contribution in [0, 0.1) is 5.92 Å². The first-order chi connectivity index (χ1) is 5.33. The zero-order valence-electron chi connectivity index (χ0n) is 6.73. The van der Waals surface area contributed by atoms with Crippen LogP contribution in [-0.2, 0) is 0 Å². The van der Waals surface area contributed by atoms with E-state index in [0.717, 1.165) is 18.8 Å². The number of hydrogen-bond donors (Lipinski definition) is 0. The average molecular weight is 271 g/mol. The first-order valence-electron chi connectivity index (χ1n) is 4.29. The minimum absolute atomic E-state index is 0.134. The van der Waals surface area contributed by atoms with Crippen LogP contribution in [0.15, 0.2) is 0 Å². The Kier molecular flexibility index (Phi) is 4.67. The fourth-order valence-electron chi connectivity index (χ4n) is 1.56. The first-order valence-corrected chi connectivity index (χ1v) is 5.26. The van der Waals surface area contributed by atoms with Crippen molar-refractivity contribution in [3.8, 4) is 0 Å². The number of halogens is 2. The Morgan fingerprint density at radius 2 is 2.00 bits per heavy atom. The summed E-state index contributed by atoms with van der Waals surface area (Å²) in [6.45, 7) is 2.25. The summed E-state index contributed by atoms with van der Waals surface area (Å²) in [6, 6.07) is 0. The molecule has 0 radical (unpaired) electrons. The fourth-order valence-corrected chi connectivity index (χ4v) is 2.11. The third-order valence-electron chi connectivity index (χ3n) is 2.31. The van der Waals surface area contributed by atoms with Gasteiger partial charge in [-0.15, -0.1) is 0 Å². The Morgan fingerprint density at radius 1 is 1.36 bits per heavy atom. The largest absolute Gasteiger partial charge is 0.251 e.